The monoisotopic (exact) mass is 512 g/mol. The van der Waals surface area contributed by atoms with E-state index in [0.29, 0.717) is 0 Å². The van der Waals surface area contributed by atoms with Gasteiger partial charge in [0, 0.05) is 34.2 Å². The van der Waals surface area contributed by atoms with E-state index in [2.05, 4.69) is 0 Å². The number of urea groups is 1. The maximum Gasteiger partial charge on any atom is 0.402 e. The lowest BCUT2D eigenvalue weighted by Crippen LogP contribution is -2.71. The third kappa shape index (κ3) is 6.80. The first kappa shape index (κ1) is 27.8. The summed E-state index contributed by atoms with van der Waals surface area (Å²) in [5.41, 5.74) is 0. The molecular weight excluding hydrogens is 489 g/mol. The zero-order valence-corrected chi connectivity index (χ0v) is 19.0. The van der Waals surface area contributed by atoms with Crippen LogP contribution >= 0.6 is 0 Å². The molecule has 6 atom stereocenters. The van der Waals surface area contributed by atoms with Crippen molar-refractivity contribution in [3.05, 3.63) is 0 Å². The van der Waals surface area contributed by atoms with Crippen molar-refractivity contribution in [2.24, 2.45) is 5.92 Å². The molecule has 2 rings (SSSR count). The Morgan fingerprint density at radius 2 is 1.43 bits per heavy atom. The number of esters is 4. The van der Waals surface area contributed by atoms with Crippen LogP contribution in [-0.4, -0.2) is 90.7 Å². The molecular formula is C19H23F3N2O11. The second-order valence-electron chi connectivity index (χ2n) is 7.58. The van der Waals surface area contributed by atoms with Gasteiger partial charge in [-0.3, -0.25) is 24.0 Å². The summed E-state index contributed by atoms with van der Waals surface area (Å²) in [5.74, 6) is -8.22. The minimum atomic E-state index is -5.05. The molecule has 35 heavy (non-hydrogen) atoms. The standard InChI is InChI=1S/C19H23F3N2O11/c1-7(25)31-6-12-13(32-8(2)26)14(33-9(3)27)15(34-10(4)28)17(35-12)24-16(29)11(19(20,21)22)5-23-18(24)30/h11-15,17H,5-6H2,1-4H3,(H,23,30)/t11?,12-,13-,14+,15-,17-/m1/s1. The quantitative estimate of drug-likeness (QED) is 0.370. The van der Waals surface area contributed by atoms with Gasteiger partial charge in [0.25, 0.3) is 0 Å². The fraction of sp³-hybridized carbons (Fsp3) is 0.684. The third-order valence-electron chi connectivity index (χ3n) is 4.83. The molecule has 16 heteroatoms. The van der Waals surface area contributed by atoms with Gasteiger partial charge in [0.1, 0.15) is 12.7 Å². The normalized spacial score (nSPS) is 29.1. The molecule has 0 radical (unpaired) electrons. The molecule has 0 aliphatic carbocycles. The molecule has 0 aromatic rings. The van der Waals surface area contributed by atoms with E-state index in [-0.39, 0.29) is 4.90 Å². The van der Waals surface area contributed by atoms with E-state index in [4.69, 9.17) is 23.7 Å². The number of nitrogens with zero attached hydrogens (tertiary/aromatic N) is 1. The summed E-state index contributed by atoms with van der Waals surface area (Å²) in [4.78, 5) is 71.9. The minimum Gasteiger partial charge on any atom is -0.463 e. The lowest BCUT2D eigenvalue weighted by atomic mass is 9.95. The summed E-state index contributed by atoms with van der Waals surface area (Å²) in [6, 6.07) is -1.32. The van der Waals surface area contributed by atoms with Crippen molar-refractivity contribution in [3.8, 4) is 0 Å². The predicted octanol–water partition coefficient (Wildman–Crippen LogP) is -0.200. The molecule has 3 amide bonds. The molecule has 2 fully saturated rings. The summed E-state index contributed by atoms with van der Waals surface area (Å²) < 4.78 is 65.9. The molecule has 1 N–H and O–H groups in total. The number of rotatable bonds is 6. The topological polar surface area (TPSA) is 164 Å². The van der Waals surface area contributed by atoms with Crippen LogP contribution in [0.2, 0.25) is 0 Å². The van der Waals surface area contributed by atoms with Crippen molar-refractivity contribution in [1.82, 2.24) is 10.2 Å². The van der Waals surface area contributed by atoms with Crippen molar-refractivity contribution in [1.29, 1.82) is 0 Å². The van der Waals surface area contributed by atoms with Crippen LogP contribution < -0.4 is 5.32 Å². The molecule has 2 heterocycles. The summed E-state index contributed by atoms with van der Waals surface area (Å²) >= 11 is 0. The second-order valence-corrected chi connectivity index (χ2v) is 7.58. The minimum absolute atomic E-state index is 0.0382. The molecule has 0 spiro atoms. The Balaban J connectivity index is 2.60. The number of ether oxygens (including phenoxy) is 5. The van der Waals surface area contributed by atoms with Gasteiger partial charge in [0.2, 0.25) is 5.91 Å². The number of hydrogen-bond acceptors (Lipinski definition) is 11. The zero-order chi connectivity index (χ0) is 26.7. The number of imide groups is 1. The van der Waals surface area contributed by atoms with Crippen molar-refractivity contribution >= 4 is 35.8 Å². The van der Waals surface area contributed by atoms with E-state index in [9.17, 15) is 41.9 Å². The molecule has 0 bridgehead atoms. The molecule has 0 aromatic heterocycles. The van der Waals surface area contributed by atoms with E-state index in [1.807, 2.05) is 5.32 Å². The Morgan fingerprint density at radius 3 is 1.91 bits per heavy atom. The van der Waals surface area contributed by atoms with Gasteiger partial charge >= 0.3 is 36.1 Å². The molecule has 2 aliphatic heterocycles. The van der Waals surface area contributed by atoms with Crippen molar-refractivity contribution in [2.75, 3.05) is 13.2 Å². The molecule has 2 aliphatic rings. The van der Waals surface area contributed by atoms with Crippen LogP contribution in [0.25, 0.3) is 0 Å². The Labute approximate surface area is 196 Å². The molecule has 2 saturated heterocycles. The maximum atomic E-state index is 13.4. The van der Waals surface area contributed by atoms with Crippen LogP contribution in [0.15, 0.2) is 0 Å². The molecule has 0 saturated carbocycles. The zero-order valence-electron chi connectivity index (χ0n) is 19.0. The number of alkyl halides is 3. The highest BCUT2D eigenvalue weighted by atomic mass is 19.4. The highest BCUT2D eigenvalue weighted by molar-refractivity contribution is 5.98. The highest BCUT2D eigenvalue weighted by Gasteiger charge is 2.59. The lowest BCUT2D eigenvalue weighted by molar-refractivity contribution is -0.274. The van der Waals surface area contributed by atoms with Gasteiger partial charge in [0.15, 0.2) is 30.5 Å². The van der Waals surface area contributed by atoms with Crippen LogP contribution in [0.4, 0.5) is 18.0 Å². The summed E-state index contributed by atoms with van der Waals surface area (Å²) in [6.45, 7) is 2.06. The van der Waals surface area contributed by atoms with E-state index in [1.54, 1.807) is 0 Å². The van der Waals surface area contributed by atoms with Crippen molar-refractivity contribution in [2.45, 2.75) is 64.5 Å². The number of carbonyl (C=O) groups is 6. The fourth-order valence-electron chi connectivity index (χ4n) is 3.54. The van der Waals surface area contributed by atoms with Crippen LogP contribution in [0, 0.1) is 5.92 Å². The average Bonchev–Trinajstić information content (AvgIpc) is 2.68. The van der Waals surface area contributed by atoms with Gasteiger partial charge < -0.3 is 29.0 Å². The summed E-state index contributed by atoms with van der Waals surface area (Å²) in [5, 5.41) is 1.90. The molecule has 1 unspecified atom stereocenters. The van der Waals surface area contributed by atoms with Gasteiger partial charge in [-0.1, -0.05) is 0 Å². The molecule has 13 nitrogen and oxygen atoms in total. The highest BCUT2D eigenvalue weighted by Crippen LogP contribution is 2.35. The number of carbonyl (C=O) groups excluding carboxylic acids is 6. The maximum absolute atomic E-state index is 13.4. The first-order valence-corrected chi connectivity index (χ1v) is 10.1. The fourth-order valence-corrected chi connectivity index (χ4v) is 3.54. The molecule has 0 aromatic carbocycles. The van der Waals surface area contributed by atoms with Gasteiger partial charge in [-0.05, 0) is 0 Å². The van der Waals surface area contributed by atoms with Crippen LogP contribution in [-0.2, 0) is 47.7 Å². The smallest absolute Gasteiger partial charge is 0.402 e. The number of halogens is 3. The van der Waals surface area contributed by atoms with E-state index >= 15 is 0 Å². The Kier molecular flexibility index (Phi) is 8.64. The Hall–Kier alpha value is -3.43. The van der Waals surface area contributed by atoms with Crippen molar-refractivity contribution < 1.29 is 65.6 Å². The van der Waals surface area contributed by atoms with E-state index in [1.165, 1.54) is 0 Å². The Bertz CT molecular complexity index is 894. The van der Waals surface area contributed by atoms with E-state index < -0.39 is 91.7 Å². The van der Waals surface area contributed by atoms with Crippen LogP contribution in [0.5, 0.6) is 0 Å². The van der Waals surface area contributed by atoms with Crippen LogP contribution in [0.1, 0.15) is 27.7 Å². The van der Waals surface area contributed by atoms with E-state index in [0.717, 1.165) is 27.7 Å². The van der Waals surface area contributed by atoms with Gasteiger partial charge in [-0.15, -0.1) is 0 Å². The number of hydrogen-bond donors (Lipinski definition) is 1. The Morgan fingerprint density at radius 1 is 0.914 bits per heavy atom. The summed E-state index contributed by atoms with van der Waals surface area (Å²) in [6.07, 6.45) is -14.0. The van der Waals surface area contributed by atoms with Crippen LogP contribution in [0.3, 0.4) is 0 Å². The first-order chi connectivity index (χ1) is 16.1. The van der Waals surface area contributed by atoms with Gasteiger partial charge in [0.05, 0.1) is 0 Å². The SMILES string of the molecule is CC(=O)OC[C@H]1O[C@@H](N2C(=O)NCC(C(F)(F)F)C2=O)[C@H](OC(C)=O)[C@@H](OC(C)=O)[C@@H]1OC(C)=O. The molecule has 196 valence electrons. The van der Waals surface area contributed by atoms with Gasteiger partial charge in [-0.25, -0.2) is 9.69 Å². The lowest BCUT2D eigenvalue weighted by Gasteiger charge is -2.48. The largest absolute Gasteiger partial charge is 0.463 e. The van der Waals surface area contributed by atoms with Crippen molar-refractivity contribution in [3.63, 3.8) is 0 Å². The first-order valence-electron chi connectivity index (χ1n) is 10.1. The third-order valence-corrected chi connectivity index (χ3v) is 4.83. The number of nitrogens with one attached hydrogen (secondary N) is 1. The summed E-state index contributed by atoms with van der Waals surface area (Å²) in [7, 11) is 0. The van der Waals surface area contributed by atoms with Gasteiger partial charge in [-0.2, -0.15) is 13.2 Å². The second kappa shape index (κ2) is 10.9. The average molecular weight is 512 g/mol. The number of amides is 3. The predicted molar refractivity (Wildman–Crippen MR) is 102 cm³/mol.